The number of hydrogen-bond acceptors (Lipinski definition) is 3. The monoisotopic (exact) mass is 274 g/mol. The molecule has 5 heteroatoms. The number of thiophene rings is 1. The fourth-order valence-electron chi connectivity index (χ4n) is 2.37. The average Bonchev–Trinajstić information content (AvgIpc) is 2.79. The second-order valence-electron chi connectivity index (χ2n) is 4.74. The minimum Gasteiger partial charge on any atom is -0.343 e. The van der Waals surface area contributed by atoms with Crippen molar-refractivity contribution in [3.63, 3.8) is 0 Å². The Balaban J connectivity index is 1.88. The van der Waals surface area contributed by atoms with Gasteiger partial charge in [0, 0.05) is 11.2 Å². The lowest BCUT2D eigenvalue weighted by atomic mass is 10.1. The van der Waals surface area contributed by atoms with Gasteiger partial charge in [-0.2, -0.15) is 0 Å². The molecule has 1 atom stereocenters. The van der Waals surface area contributed by atoms with Crippen molar-refractivity contribution in [2.45, 2.75) is 19.5 Å². The first kappa shape index (κ1) is 12.2. The highest BCUT2D eigenvalue weighted by atomic mass is 32.1. The van der Waals surface area contributed by atoms with E-state index in [1.807, 2.05) is 12.1 Å². The molecule has 98 valence electrons. The van der Waals surface area contributed by atoms with Crippen LogP contribution in [0.3, 0.4) is 0 Å². The first-order chi connectivity index (χ1) is 9.15. The maximum atomic E-state index is 12.0. The molecule has 3 rings (SSSR count). The van der Waals surface area contributed by atoms with Gasteiger partial charge < -0.3 is 10.2 Å². The molecule has 1 N–H and O–H groups in total. The zero-order chi connectivity index (χ0) is 13.4. The molecular weight excluding hydrogens is 260 g/mol. The zero-order valence-electron chi connectivity index (χ0n) is 10.6. The Bertz CT molecular complexity index is 650. The van der Waals surface area contributed by atoms with Crippen LogP contribution in [0.1, 0.15) is 12.5 Å². The summed E-state index contributed by atoms with van der Waals surface area (Å²) < 4.78 is 1.21. The van der Waals surface area contributed by atoms with Crippen LogP contribution in [-0.4, -0.2) is 29.3 Å². The maximum absolute atomic E-state index is 12.0. The summed E-state index contributed by atoms with van der Waals surface area (Å²) in [6.07, 6.45) is 0. The van der Waals surface area contributed by atoms with Crippen molar-refractivity contribution in [2.75, 3.05) is 6.54 Å². The van der Waals surface area contributed by atoms with E-state index in [1.165, 1.54) is 10.1 Å². The number of fused-ring (bicyclic) bond motifs is 1. The van der Waals surface area contributed by atoms with Crippen LogP contribution in [0.15, 0.2) is 29.6 Å². The SMILES string of the molecule is CC1NC(=O)CN(Cc2csc3ccccc23)C1=O. The predicted molar refractivity (Wildman–Crippen MR) is 74.8 cm³/mol. The quantitative estimate of drug-likeness (QED) is 0.907. The Morgan fingerprint density at radius 3 is 3.00 bits per heavy atom. The van der Waals surface area contributed by atoms with Crippen molar-refractivity contribution < 1.29 is 9.59 Å². The van der Waals surface area contributed by atoms with Gasteiger partial charge in [-0.15, -0.1) is 11.3 Å². The molecule has 0 bridgehead atoms. The molecule has 1 fully saturated rings. The summed E-state index contributed by atoms with van der Waals surface area (Å²) in [5, 5.41) is 5.88. The summed E-state index contributed by atoms with van der Waals surface area (Å²) in [4.78, 5) is 25.2. The predicted octanol–water partition coefficient (Wildman–Crippen LogP) is 1.75. The van der Waals surface area contributed by atoms with Gasteiger partial charge in [0.15, 0.2) is 0 Å². The Morgan fingerprint density at radius 1 is 1.37 bits per heavy atom. The van der Waals surface area contributed by atoms with Gasteiger partial charge in [-0.05, 0) is 29.3 Å². The van der Waals surface area contributed by atoms with E-state index in [-0.39, 0.29) is 18.4 Å². The Morgan fingerprint density at radius 2 is 2.16 bits per heavy atom. The van der Waals surface area contributed by atoms with E-state index in [9.17, 15) is 9.59 Å². The third kappa shape index (κ3) is 2.21. The highest BCUT2D eigenvalue weighted by Gasteiger charge is 2.29. The number of amides is 2. The van der Waals surface area contributed by atoms with Gasteiger partial charge in [0.25, 0.3) is 0 Å². The van der Waals surface area contributed by atoms with E-state index in [0.29, 0.717) is 6.54 Å². The molecule has 1 aromatic heterocycles. The van der Waals surface area contributed by atoms with Crippen LogP contribution in [0.25, 0.3) is 10.1 Å². The van der Waals surface area contributed by atoms with Crippen LogP contribution in [0, 0.1) is 0 Å². The molecule has 2 aromatic rings. The van der Waals surface area contributed by atoms with Crippen molar-refractivity contribution in [3.8, 4) is 0 Å². The van der Waals surface area contributed by atoms with E-state index in [4.69, 9.17) is 0 Å². The third-order valence-electron chi connectivity index (χ3n) is 3.32. The topological polar surface area (TPSA) is 49.4 Å². The summed E-state index contributed by atoms with van der Waals surface area (Å²) in [6, 6.07) is 7.69. The maximum Gasteiger partial charge on any atom is 0.245 e. The van der Waals surface area contributed by atoms with Crippen LogP contribution in [0.4, 0.5) is 0 Å². The molecule has 0 spiro atoms. The molecular formula is C14H14N2O2S. The Labute approximate surface area is 115 Å². The molecule has 0 radical (unpaired) electrons. The van der Waals surface area contributed by atoms with Crippen LogP contribution in [-0.2, 0) is 16.1 Å². The first-order valence-corrected chi connectivity index (χ1v) is 7.06. The molecule has 4 nitrogen and oxygen atoms in total. The lowest BCUT2D eigenvalue weighted by Gasteiger charge is -2.30. The third-order valence-corrected chi connectivity index (χ3v) is 4.33. The van der Waals surface area contributed by atoms with Crippen molar-refractivity contribution in [1.82, 2.24) is 10.2 Å². The zero-order valence-corrected chi connectivity index (χ0v) is 11.4. The molecule has 19 heavy (non-hydrogen) atoms. The smallest absolute Gasteiger partial charge is 0.245 e. The summed E-state index contributed by atoms with van der Waals surface area (Å²) in [5.74, 6) is -0.110. The van der Waals surface area contributed by atoms with Gasteiger partial charge in [0.1, 0.15) is 6.04 Å². The van der Waals surface area contributed by atoms with Crippen LogP contribution in [0.5, 0.6) is 0 Å². The van der Waals surface area contributed by atoms with Gasteiger partial charge in [-0.25, -0.2) is 0 Å². The van der Waals surface area contributed by atoms with Gasteiger partial charge in [-0.3, -0.25) is 9.59 Å². The number of carbonyl (C=O) groups is 2. The lowest BCUT2D eigenvalue weighted by Crippen LogP contribution is -2.56. The van der Waals surface area contributed by atoms with E-state index < -0.39 is 6.04 Å². The van der Waals surface area contributed by atoms with Crippen molar-refractivity contribution in [2.24, 2.45) is 0 Å². The first-order valence-electron chi connectivity index (χ1n) is 6.18. The highest BCUT2D eigenvalue weighted by Crippen LogP contribution is 2.27. The summed E-state index contributed by atoms with van der Waals surface area (Å²) in [7, 11) is 0. The van der Waals surface area contributed by atoms with Crippen LogP contribution < -0.4 is 5.32 Å². The minimum atomic E-state index is -0.425. The number of rotatable bonds is 2. The standard InChI is InChI=1S/C14H14N2O2S/c1-9-14(18)16(7-13(17)15-9)6-10-8-19-12-5-3-2-4-11(10)12/h2-5,8-9H,6-7H2,1H3,(H,15,17). The molecule has 0 aliphatic carbocycles. The second-order valence-corrected chi connectivity index (χ2v) is 5.65. The number of benzene rings is 1. The highest BCUT2D eigenvalue weighted by molar-refractivity contribution is 7.17. The lowest BCUT2D eigenvalue weighted by molar-refractivity contribution is -0.144. The molecule has 0 saturated carbocycles. The van der Waals surface area contributed by atoms with Crippen LogP contribution in [0.2, 0.25) is 0 Å². The van der Waals surface area contributed by atoms with E-state index >= 15 is 0 Å². The summed E-state index contributed by atoms with van der Waals surface area (Å²) >= 11 is 1.67. The minimum absolute atomic E-state index is 0.0186. The fraction of sp³-hybridized carbons (Fsp3) is 0.286. The number of nitrogens with zero attached hydrogens (tertiary/aromatic N) is 1. The fourth-order valence-corrected chi connectivity index (χ4v) is 3.32. The largest absolute Gasteiger partial charge is 0.343 e. The van der Waals surface area contributed by atoms with Gasteiger partial charge >= 0.3 is 0 Å². The molecule has 1 saturated heterocycles. The normalized spacial score (nSPS) is 19.8. The Kier molecular flexibility index (Phi) is 2.98. The Hall–Kier alpha value is -1.88. The second kappa shape index (κ2) is 4.66. The molecule has 1 aliphatic rings. The molecule has 1 unspecified atom stereocenters. The van der Waals surface area contributed by atoms with Gasteiger partial charge in [0.2, 0.25) is 11.8 Å². The average molecular weight is 274 g/mol. The molecule has 1 aromatic carbocycles. The number of piperazine rings is 1. The van der Waals surface area contributed by atoms with Crippen molar-refractivity contribution >= 4 is 33.2 Å². The molecule has 2 heterocycles. The van der Waals surface area contributed by atoms with Crippen LogP contribution >= 0.6 is 11.3 Å². The number of nitrogens with one attached hydrogen (secondary N) is 1. The van der Waals surface area contributed by atoms with Gasteiger partial charge in [0.05, 0.1) is 6.54 Å². The molecule has 1 aliphatic heterocycles. The van der Waals surface area contributed by atoms with E-state index in [1.54, 1.807) is 23.2 Å². The number of carbonyl (C=O) groups excluding carboxylic acids is 2. The van der Waals surface area contributed by atoms with E-state index in [2.05, 4.69) is 22.8 Å². The van der Waals surface area contributed by atoms with Crippen molar-refractivity contribution in [3.05, 3.63) is 35.2 Å². The number of hydrogen-bond donors (Lipinski definition) is 1. The van der Waals surface area contributed by atoms with E-state index in [0.717, 1.165) is 5.56 Å². The molecule has 2 amide bonds. The van der Waals surface area contributed by atoms with Crippen molar-refractivity contribution in [1.29, 1.82) is 0 Å². The summed E-state index contributed by atoms with van der Waals surface area (Å²) in [6.45, 7) is 2.37. The summed E-state index contributed by atoms with van der Waals surface area (Å²) in [5.41, 5.74) is 1.11. The van der Waals surface area contributed by atoms with Gasteiger partial charge in [-0.1, -0.05) is 18.2 Å².